The number of amides is 2. The van der Waals surface area contributed by atoms with Gasteiger partial charge in [-0.05, 0) is 57.2 Å². The van der Waals surface area contributed by atoms with Crippen LogP contribution in [0.1, 0.15) is 25.0 Å². The Bertz CT molecular complexity index is 1430. The summed E-state index contributed by atoms with van der Waals surface area (Å²) >= 11 is 6.22. The quantitative estimate of drug-likeness (QED) is 0.362. The van der Waals surface area contributed by atoms with Gasteiger partial charge in [-0.1, -0.05) is 47.5 Å². The highest BCUT2D eigenvalue weighted by atomic mass is 35.5. The maximum Gasteiger partial charge on any atom is 0.264 e. The summed E-state index contributed by atoms with van der Waals surface area (Å²) in [6, 6.07) is 15.4. The van der Waals surface area contributed by atoms with E-state index in [0.717, 1.165) is 14.8 Å². The van der Waals surface area contributed by atoms with Crippen LogP contribution in [0.25, 0.3) is 0 Å². The molecule has 8 nitrogen and oxygen atoms in total. The lowest BCUT2D eigenvalue weighted by atomic mass is 10.1. The van der Waals surface area contributed by atoms with Crippen molar-refractivity contribution in [1.29, 1.82) is 0 Å². The van der Waals surface area contributed by atoms with Crippen molar-refractivity contribution in [3.8, 4) is 5.75 Å². The van der Waals surface area contributed by atoms with E-state index in [-0.39, 0.29) is 33.5 Å². The first-order valence-electron chi connectivity index (χ1n) is 12.2. The third-order valence-electron chi connectivity index (χ3n) is 6.11. The Morgan fingerprint density at radius 2 is 1.74 bits per heavy atom. The van der Waals surface area contributed by atoms with Gasteiger partial charge in [0.15, 0.2) is 0 Å². The first-order chi connectivity index (χ1) is 18.5. The van der Waals surface area contributed by atoms with Crippen LogP contribution < -0.4 is 14.4 Å². The predicted molar refractivity (Wildman–Crippen MR) is 149 cm³/mol. The molecule has 39 heavy (non-hydrogen) atoms. The molecule has 0 aliphatic rings. The van der Waals surface area contributed by atoms with Gasteiger partial charge in [-0.15, -0.1) is 0 Å². The van der Waals surface area contributed by atoms with Gasteiger partial charge in [-0.25, -0.2) is 12.8 Å². The molecule has 0 heterocycles. The Labute approximate surface area is 233 Å². The van der Waals surface area contributed by atoms with E-state index < -0.39 is 40.2 Å². The van der Waals surface area contributed by atoms with Gasteiger partial charge < -0.3 is 15.0 Å². The van der Waals surface area contributed by atoms with E-state index in [1.54, 1.807) is 25.1 Å². The van der Waals surface area contributed by atoms with Crippen molar-refractivity contribution >= 4 is 39.1 Å². The smallest absolute Gasteiger partial charge is 0.264 e. The lowest BCUT2D eigenvalue weighted by Crippen LogP contribution is -2.51. The summed E-state index contributed by atoms with van der Waals surface area (Å²) < 4.78 is 48.7. The van der Waals surface area contributed by atoms with Crippen molar-refractivity contribution in [3.63, 3.8) is 0 Å². The van der Waals surface area contributed by atoms with Crippen molar-refractivity contribution in [3.05, 3.63) is 88.7 Å². The molecule has 3 aromatic rings. The van der Waals surface area contributed by atoms with Crippen molar-refractivity contribution in [2.75, 3.05) is 24.5 Å². The number of halogens is 2. The molecule has 1 atom stereocenters. The minimum absolute atomic E-state index is 0.0374. The lowest BCUT2D eigenvalue weighted by Gasteiger charge is -2.32. The van der Waals surface area contributed by atoms with Gasteiger partial charge >= 0.3 is 0 Å². The molecule has 1 unspecified atom stereocenters. The summed E-state index contributed by atoms with van der Waals surface area (Å²) in [5.41, 5.74) is 1.06. The molecular weight excluding hydrogens is 545 g/mol. The van der Waals surface area contributed by atoms with Crippen LogP contribution in [0.4, 0.5) is 10.1 Å². The zero-order chi connectivity index (χ0) is 28.7. The highest BCUT2D eigenvalue weighted by molar-refractivity contribution is 7.92. The van der Waals surface area contributed by atoms with Crippen LogP contribution in [0, 0.1) is 12.7 Å². The Balaban J connectivity index is 2.11. The molecule has 0 bridgehead atoms. The molecule has 0 aliphatic heterocycles. The van der Waals surface area contributed by atoms with Crippen LogP contribution in [0.2, 0.25) is 5.02 Å². The maximum absolute atomic E-state index is 14.6. The fraction of sp³-hybridized carbons (Fsp3) is 0.286. The normalized spacial score (nSPS) is 11.9. The topological polar surface area (TPSA) is 96.0 Å². The molecule has 0 aliphatic carbocycles. The molecule has 0 aromatic heterocycles. The Hall–Kier alpha value is -3.63. The largest absolute Gasteiger partial charge is 0.495 e. The molecule has 0 saturated carbocycles. The molecule has 208 valence electrons. The minimum Gasteiger partial charge on any atom is -0.495 e. The second kappa shape index (κ2) is 12.9. The Morgan fingerprint density at radius 3 is 2.36 bits per heavy atom. The number of aryl methyl sites for hydroxylation is 1. The number of methoxy groups -OCH3 is 1. The first kappa shape index (κ1) is 29.9. The van der Waals surface area contributed by atoms with Crippen molar-refractivity contribution in [1.82, 2.24) is 10.2 Å². The van der Waals surface area contributed by atoms with Crippen molar-refractivity contribution in [2.24, 2.45) is 0 Å². The van der Waals surface area contributed by atoms with Gasteiger partial charge in [0.1, 0.15) is 24.2 Å². The SMILES string of the molecule is CCNC(=O)C(C)N(Cc1ccccc1F)C(=O)CN(c1cc(Cl)ccc1OC)S(=O)(=O)c1ccc(C)cc1. The molecule has 1 N–H and O–H groups in total. The molecule has 0 saturated heterocycles. The van der Waals surface area contributed by atoms with Crippen LogP contribution in [0.5, 0.6) is 5.75 Å². The second-order valence-electron chi connectivity index (χ2n) is 8.82. The molecule has 0 radical (unpaired) electrons. The molecule has 2 amide bonds. The van der Waals surface area contributed by atoms with E-state index in [0.29, 0.717) is 6.54 Å². The number of sulfonamides is 1. The van der Waals surface area contributed by atoms with Crippen LogP contribution in [0.15, 0.2) is 71.6 Å². The molecule has 3 aromatic carbocycles. The van der Waals surface area contributed by atoms with Crippen LogP contribution in [-0.4, -0.2) is 51.4 Å². The number of carbonyl (C=O) groups is 2. The number of nitrogens with one attached hydrogen (secondary N) is 1. The number of benzene rings is 3. The number of hydrogen-bond acceptors (Lipinski definition) is 5. The standard InChI is InChI=1S/C28H31ClFN3O5S/c1-5-31-28(35)20(3)32(17-21-8-6-7-9-24(21)30)27(34)18-33(25-16-22(29)12-15-26(25)38-4)39(36,37)23-13-10-19(2)11-14-23/h6-16,20H,5,17-18H2,1-4H3,(H,31,35). The van der Waals surface area contributed by atoms with Gasteiger partial charge in [0, 0.05) is 23.7 Å². The number of likely N-dealkylation sites (N-methyl/N-ethyl adjacent to an activating group) is 1. The first-order valence-corrected chi connectivity index (χ1v) is 14.0. The summed E-state index contributed by atoms with van der Waals surface area (Å²) in [7, 11) is -2.95. The third kappa shape index (κ3) is 7.07. The molecule has 0 spiro atoms. The predicted octanol–water partition coefficient (Wildman–Crippen LogP) is 4.54. The van der Waals surface area contributed by atoms with Gasteiger partial charge in [-0.3, -0.25) is 13.9 Å². The van der Waals surface area contributed by atoms with Crippen LogP contribution in [-0.2, 0) is 26.2 Å². The van der Waals surface area contributed by atoms with E-state index in [1.165, 1.54) is 62.6 Å². The lowest BCUT2D eigenvalue weighted by molar-refractivity contribution is -0.139. The Morgan fingerprint density at radius 1 is 1.08 bits per heavy atom. The third-order valence-corrected chi connectivity index (χ3v) is 8.12. The highest BCUT2D eigenvalue weighted by Crippen LogP contribution is 2.35. The summed E-state index contributed by atoms with van der Waals surface area (Å²) in [5.74, 6) is -1.58. The van der Waals surface area contributed by atoms with Crippen molar-refractivity contribution < 1.29 is 27.1 Å². The number of hydrogen-bond donors (Lipinski definition) is 1. The van der Waals surface area contributed by atoms with Crippen molar-refractivity contribution in [2.45, 2.75) is 38.3 Å². The average molecular weight is 576 g/mol. The van der Waals surface area contributed by atoms with Crippen LogP contribution in [0.3, 0.4) is 0 Å². The maximum atomic E-state index is 14.6. The number of ether oxygens (including phenoxy) is 1. The summed E-state index contributed by atoms with van der Waals surface area (Å²) in [5, 5.41) is 2.88. The number of nitrogens with zero attached hydrogens (tertiary/aromatic N) is 2. The second-order valence-corrected chi connectivity index (χ2v) is 11.1. The molecular formula is C28H31ClFN3O5S. The van der Waals surface area contributed by atoms with Gasteiger partial charge in [0.05, 0.1) is 17.7 Å². The van der Waals surface area contributed by atoms with E-state index >= 15 is 0 Å². The Kier molecular flexibility index (Phi) is 9.93. The fourth-order valence-corrected chi connectivity index (χ4v) is 5.51. The zero-order valence-electron chi connectivity index (χ0n) is 22.1. The molecule has 0 fully saturated rings. The monoisotopic (exact) mass is 575 g/mol. The van der Waals surface area contributed by atoms with E-state index in [1.807, 2.05) is 6.92 Å². The van der Waals surface area contributed by atoms with Gasteiger partial charge in [-0.2, -0.15) is 0 Å². The number of rotatable bonds is 11. The van der Waals surface area contributed by atoms with Gasteiger partial charge in [0.25, 0.3) is 10.0 Å². The number of anilines is 1. The highest BCUT2D eigenvalue weighted by Gasteiger charge is 2.34. The van der Waals surface area contributed by atoms with E-state index in [2.05, 4.69) is 5.32 Å². The molecule has 3 rings (SSSR count). The summed E-state index contributed by atoms with van der Waals surface area (Å²) in [6.45, 7) is 4.41. The molecule has 11 heteroatoms. The van der Waals surface area contributed by atoms with E-state index in [9.17, 15) is 22.4 Å². The summed E-state index contributed by atoms with van der Waals surface area (Å²) in [4.78, 5) is 27.7. The van der Waals surface area contributed by atoms with Crippen LogP contribution >= 0.6 is 11.6 Å². The average Bonchev–Trinajstić information content (AvgIpc) is 2.91. The van der Waals surface area contributed by atoms with E-state index in [4.69, 9.17) is 16.3 Å². The number of carbonyl (C=O) groups excluding carboxylic acids is 2. The zero-order valence-corrected chi connectivity index (χ0v) is 23.7. The fourth-order valence-electron chi connectivity index (χ4n) is 3.92. The minimum atomic E-state index is -4.31. The summed E-state index contributed by atoms with van der Waals surface area (Å²) in [6.07, 6.45) is 0. The van der Waals surface area contributed by atoms with Gasteiger partial charge in [0.2, 0.25) is 11.8 Å².